The minimum absolute atomic E-state index is 0.760. The van der Waals surface area contributed by atoms with E-state index < -0.39 is 0 Å². The summed E-state index contributed by atoms with van der Waals surface area (Å²) in [6.07, 6.45) is 0. The lowest BCUT2D eigenvalue weighted by atomic mass is 10.1. The summed E-state index contributed by atoms with van der Waals surface area (Å²) < 4.78 is 2.22. The van der Waals surface area contributed by atoms with Gasteiger partial charge in [-0.2, -0.15) is 4.98 Å². The Bertz CT molecular complexity index is 1320. The van der Waals surface area contributed by atoms with Crippen molar-refractivity contribution in [3.63, 3.8) is 0 Å². The third-order valence-corrected chi connectivity index (χ3v) is 5.65. The highest BCUT2D eigenvalue weighted by atomic mass is 32.1. The highest BCUT2D eigenvalue weighted by molar-refractivity contribution is 7.03. The number of rotatable bonds is 4. The van der Waals surface area contributed by atoms with Gasteiger partial charge < -0.3 is 0 Å². The van der Waals surface area contributed by atoms with E-state index >= 15 is 0 Å². The molecule has 4 aromatic carbocycles. The van der Waals surface area contributed by atoms with Gasteiger partial charge in [0, 0.05) is 5.56 Å². The van der Waals surface area contributed by atoms with E-state index in [2.05, 4.69) is 58.6 Å². The van der Waals surface area contributed by atoms with E-state index in [-0.39, 0.29) is 0 Å². The second kappa shape index (κ2) is 7.86. The van der Waals surface area contributed by atoms with Crippen LogP contribution in [-0.2, 0) is 6.54 Å². The summed E-state index contributed by atoms with van der Waals surface area (Å²) in [5.41, 5.74) is 3.26. The van der Waals surface area contributed by atoms with Crippen LogP contribution in [0, 0.1) is 0 Å². The van der Waals surface area contributed by atoms with Crippen molar-refractivity contribution in [2.24, 2.45) is 4.99 Å². The molecule has 5 aromatic rings. The van der Waals surface area contributed by atoms with Gasteiger partial charge in [0.1, 0.15) is 0 Å². The van der Waals surface area contributed by atoms with Crippen LogP contribution in [0.2, 0.25) is 0 Å². The molecule has 140 valence electrons. The fraction of sp³-hybridized carbons (Fsp3) is 0.0400. The molecule has 0 N–H and O–H groups in total. The number of nitrogens with zero attached hydrogens (tertiary/aromatic N) is 3. The van der Waals surface area contributed by atoms with Crippen LogP contribution < -0.4 is 4.80 Å². The molecule has 0 spiro atoms. The van der Waals surface area contributed by atoms with Gasteiger partial charge in [0.25, 0.3) is 0 Å². The predicted molar refractivity (Wildman–Crippen MR) is 120 cm³/mol. The normalized spacial score (nSPS) is 11.8. The molecule has 0 saturated carbocycles. The van der Waals surface area contributed by atoms with Gasteiger partial charge >= 0.3 is 0 Å². The Morgan fingerprint density at radius 3 is 2.21 bits per heavy atom. The summed E-state index contributed by atoms with van der Waals surface area (Å²) in [7, 11) is 0. The minimum atomic E-state index is 0.760. The zero-order valence-electron chi connectivity index (χ0n) is 15.8. The molecule has 0 aliphatic rings. The number of fused-ring (bicyclic) bond motifs is 1. The van der Waals surface area contributed by atoms with Crippen LogP contribution in [-0.4, -0.2) is 8.94 Å². The van der Waals surface area contributed by atoms with E-state index in [1.54, 1.807) is 11.5 Å². The fourth-order valence-corrected chi connectivity index (χ4v) is 4.29. The third kappa shape index (κ3) is 3.89. The van der Waals surface area contributed by atoms with Crippen LogP contribution in [0.4, 0.5) is 5.69 Å². The van der Waals surface area contributed by atoms with E-state index in [1.165, 1.54) is 16.3 Å². The monoisotopic (exact) mass is 393 g/mol. The highest BCUT2D eigenvalue weighted by Gasteiger charge is 2.10. The van der Waals surface area contributed by atoms with Gasteiger partial charge in [0.15, 0.2) is 5.82 Å². The van der Waals surface area contributed by atoms with Crippen molar-refractivity contribution >= 4 is 28.0 Å². The average molecular weight is 394 g/mol. The first-order valence-electron chi connectivity index (χ1n) is 9.56. The number of para-hydroxylation sites is 1. The Morgan fingerprint density at radius 1 is 0.724 bits per heavy atom. The van der Waals surface area contributed by atoms with Gasteiger partial charge in [0.2, 0.25) is 4.80 Å². The van der Waals surface area contributed by atoms with E-state index in [0.29, 0.717) is 0 Å². The second-order valence-corrected chi connectivity index (χ2v) is 7.83. The zero-order chi connectivity index (χ0) is 19.5. The molecular weight excluding hydrogens is 374 g/mol. The largest absolute Gasteiger partial charge is 0.274 e. The molecule has 0 unspecified atom stereocenters. The van der Waals surface area contributed by atoms with Gasteiger partial charge in [-0.15, -0.1) is 0 Å². The van der Waals surface area contributed by atoms with Crippen molar-refractivity contribution in [3.8, 4) is 11.4 Å². The van der Waals surface area contributed by atoms with Crippen LogP contribution in [0.3, 0.4) is 0 Å². The van der Waals surface area contributed by atoms with Crippen LogP contribution >= 0.6 is 11.5 Å². The first-order valence-corrected chi connectivity index (χ1v) is 10.3. The molecule has 0 aliphatic heterocycles. The fourth-order valence-electron chi connectivity index (χ4n) is 3.37. The topological polar surface area (TPSA) is 30.2 Å². The first kappa shape index (κ1) is 17.6. The van der Waals surface area contributed by atoms with Gasteiger partial charge in [-0.25, -0.2) is 4.99 Å². The first-order chi connectivity index (χ1) is 14.3. The second-order valence-electron chi connectivity index (χ2n) is 6.84. The van der Waals surface area contributed by atoms with Crippen LogP contribution in [0.25, 0.3) is 22.2 Å². The van der Waals surface area contributed by atoms with Crippen molar-refractivity contribution in [1.29, 1.82) is 0 Å². The van der Waals surface area contributed by atoms with Crippen LogP contribution in [0.1, 0.15) is 5.56 Å². The SMILES string of the molecule is c1ccc(N=c2nc(-c3ccccc3)n(Cc3ccc4ccccc4c3)s2)cc1. The molecule has 0 amide bonds. The lowest BCUT2D eigenvalue weighted by Crippen LogP contribution is -1.99. The number of hydrogen-bond donors (Lipinski definition) is 0. The summed E-state index contributed by atoms with van der Waals surface area (Å²) >= 11 is 1.59. The van der Waals surface area contributed by atoms with Crippen LogP contribution in [0.15, 0.2) is 108 Å². The van der Waals surface area contributed by atoms with Crippen molar-refractivity contribution < 1.29 is 0 Å². The average Bonchev–Trinajstić information content (AvgIpc) is 3.17. The quantitative estimate of drug-likeness (QED) is 0.366. The van der Waals surface area contributed by atoms with Crippen molar-refractivity contribution in [3.05, 3.63) is 113 Å². The third-order valence-electron chi connectivity index (χ3n) is 4.78. The van der Waals surface area contributed by atoms with E-state index in [1.807, 2.05) is 48.5 Å². The van der Waals surface area contributed by atoms with Gasteiger partial charge in [-0.1, -0.05) is 84.9 Å². The molecule has 0 saturated heterocycles. The van der Waals surface area contributed by atoms with Crippen LogP contribution in [0.5, 0.6) is 0 Å². The maximum absolute atomic E-state index is 4.85. The zero-order valence-corrected chi connectivity index (χ0v) is 16.6. The molecule has 1 aromatic heterocycles. The molecule has 0 aliphatic carbocycles. The van der Waals surface area contributed by atoms with Gasteiger partial charge in [-0.3, -0.25) is 3.96 Å². The maximum atomic E-state index is 4.85. The van der Waals surface area contributed by atoms with E-state index in [9.17, 15) is 0 Å². The molecule has 0 bridgehead atoms. The number of benzene rings is 4. The Balaban J connectivity index is 1.59. The standard InChI is InChI=1S/C25H19N3S/c1-3-10-21(11-4-1)24-27-25(26-23-13-5-2-6-14-23)29-28(24)18-19-15-16-20-9-7-8-12-22(20)17-19/h1-17H,18H2. The Labute approximate surface area is 173 Å². The molecule has 5 rings (SSSR count). The molecule has 0 atom stereocenters. The molecule has 3 nitrogen and oxygen atoms in total. The molecule has 0 fully saturated rings. The minimum Gasteiger partial charge on any atom is -0.274 e. The predicted octanol–water partition coefficient (Wildman–Crippen LogP) is 6.05. The molecule has 0 radical (unpaired) electrons. The number of hydrogen-bond acceptors (Lipinski definition) is 3. The smallest absolute Gasteiger partial charge is 0.227 e. The van der Waals surface area contributed by atoms with Gasteiger partial charge in [-0.05, 0) is 46.1 Å². The van der Waals surface area contributed by atoms with Crippen molar-refractivity contribution in [2.75, 3.05) is 0 Å². The summed E-state index contributed by atoms with van der Waals surface area (Å²) in [5, 5.41) is 2.51. The van der Waals surface area contributed by atoms with E-state index in [0.717, 1.165) is 28.4 Å². The van der Waals surface area contributed by atoms with Crippen molar-refractivity contribution in [2.45, 2.75) is 6.54 Å². The van der Waals surface area contributed by atoms with Gasteiger partial charge in [0.05, 0.1) is 12.2 Å². The molecule has 29 heavy (non-hydrogen) atoms. The Kier molecular flexibility index (Phi) is 4.76. The summed E-state index contributed by atoms with van der Waals surface area (Å²) in [4.78, 5) is 10.3. The lowest BCUT2D eigenvalue weighted by Gasteiger charge is -2.08. The molecular formula is C25H19N3S. The molecule has 4 heteroatoms. The summed E-state index contributed by atoms with van der Waals surface area (Å²) in [5.74, 6) is 0.943. The highest BCUT2D eigenvalue weighted by Crippen LogP contribution is 2.22. The Hall–Kier alpha value is -3.50. The van der Waals surface area contributed by atoms with E-state index in [4.69, 9.17) is 9.98 Å². The summed E-state index contributed by atoms with van der Waals surface area (Å²) in [6.45, 7) is 0.761. The Morgan fingerprint density at radius 2 is 1.41 bits per heavy atom. The maximum Gasteiger partial charge on any atom is 0.227 e. The summed E-state index contributed by atoms with van der Waals surface area (Å²) in [6, 6.07) is 35.4. The van der Waals surface area contributed by atoms with Crippen molar-refractivity contribution in [1.82, 2.24) is 8.94 Å². The number of aromatic nitrogens is 2. The lowest BCUT2D eigenvalue weighted by molar-refractivity contribution is 0.875. The molecule has 1 heterocycles.